The first kappa shape index (κ1) is 18.7. The molecule has 0 aromatic heterocycles. The molecule has 1 aliphatic rings. The number of alkyl halides is 6. The van der Waals surface area contributed by atoms with Crippen LogP contribution in [-0.4, -0.2) is 17.4 Å². The van der Waals surface area contributed by atoms with Crippen LogP contribution in [0, 0.1) is 5.92 Å². The molecule has 0 radical (unpaired) electrons. The number of benzene rings is 2. The van der Waals surface area contributed by atoms with Gasteiger partial charge in [0.1, 0.15) is 17.1 Å². The third kappa shape index (κ3) is 3.83. The zero-order valence-electron chi connectivity index (χ0n) is 13.5. The van der Waals surface area contributed by atoms with Crippen molar-refractivity contribution in [2.75, 3.05) is 0 Å². The molecule has 2 nitrogen and oxygen atoms in total. The lowest BCUT2D eigenvalue weighted by molar-refractivity contribution is -0.185. The fraction of sp³-hybridized carbons (Fsp3) is 0.444. The van der Waals surface area contributed by atoms with Gasteiger partial charge < -0.3 is 9.84 Å². The second-order valence-electron chi connectivity index (χ2n) is 6.47. The molecule has 0 atom stereocenters. The highest BCUT2D eigenvalue weighted by Gasteiger charge is 2.42. The monoisotopic (exact) mass is 378 g/mol. The Morgan fingerprint density at radius 3 is 2.12 bits per heavy atom. The second-order valence-corrected chi connectivity index (χ2v) is 6.47. The Labute approximate surface area is 145 Å². The van der Waals surface area contributed by atoms with Gasteiger partial charge in [-0.25, -0.2) is 0 Å². The van der Waals surface area contributed by atoms with E-state index < -0.39 is 35.7 Å². The molecule has 0 heterocycles. The number of phenolic OH excluding ortho intramolecular Hbond substituents is 1. The minimum atomic E-state index is -4.70. The molecule has 2 aromatic carbocycles. The predicted octanol–water partition coefficient (Wildman–Crippen LogP) is 6.06. The summed E-state index contributed by atoms with van der Waals surface area (Å²) in [6.07, 6.45) is -9.88. The molecule has 1 fully saturated rings. The minimum Gasteiger partial charge on any atom is -0.508 e. The van der Waals surface area contributed by atoms with E-state index in [4.69, 9.17) is 4.74 Å². The number of aromatic hydroxyl groups is 1. The van der Waals surface area contributed by atoms with Gasteiger partial charge >= 0.3 is 12.4 Å². The van der Waals surface area contributed by atoms with E-state index in [0.29, 0.717) is 0 Å². The third-order valence-corrected chi connectivity index (χ3v) is 4.68. The molecule has 26 heavy (non-hydrogen) atoms. The SMILES string of the molecule is Oc1ccc2c(C(F)(F)F)c(OC3CCC(C(F)(F)F)CC3)ccc2c1. The summed E-state index contributed by atoms with van der Waals surface area (Å²) >= 11 is 0. The molecule has 1 N–H and O–H groups in total. The summed E-state index contributed by atoms with van der Waals surface area (Å²) in [6, 6.07) is 6.06. The summed E-state index contributed by atoms with van der Waals surface area (Å²) in [5.74, 6) is -1.99. The first-order chi connectivity index (χ1) is 12.1. The van der Waals surface area contributed by atoms with Gasteiger partial charge in [-0.1, -0.05) is 6.07 Å². The lowest BCUT2D eigenvalue weighted by atomic mass is 9.87. The predicted molar refractivity (Wildman–Crippen MR) is 83.0 cm³/mol. The summed E-state index contributed by atoms with van der Waals surface area (Å²) < 4.78 is 84.3. The number of hydrogen-bond donors (Lipinski definition) is 1. The minimum absolute atomic E-state index is 0.0507. The van der Waals surface area contributed by atoms with Gasteiger partial charge in [0.2, 0.25) is 0 Å². The number of rotatable bonds is 2. The van der Waals surface area contributed by atoms with E-state index in [9.17, 15) is 31.4 Å². The lowest BCUT2D eigenvalue weighted by Crippen LogP contribution is -2.32. The van der Waals surface area contributed by atoms with Crippen molar-refractivity contribution in [3.63, 3.8) is 0 Å². The quantitative estimate of drug-likeness (QED) is 0.644. The van der Waals surface area contributed by atoms with Crippen LogP contribution in [0.25, 0.3) is 10.8 Å². The number of ether oxygens (including phenoxy) is 1. The topological polar surface area (TPSA) is 29.5 Å². The molecular weight excluding hydrogens is 362 g/mol. The molecule has 0 unspecified atom stereocenters. The van der Waals surface area contributed by atoms with Gasteiger partial charge in [-0.3, -0.25) is 0 Å². The van der Waals surface area contributed by atoms with Gasteiger partial charge in [-0.15, -0.1) is 0 Å². The Morgan fingerprint density at radius 2 is 1.54 bits per heavy atom. The van der Waals surface area contributed by atoms with Crippen molar-refractivity contribution in [3.8, 4) is 11.5 Å². The molecule has 1 saturated carbocycles. The summed E-state index contributed by atoms with van der Waals surface area (Å²) in [4.78, 5) is 0. The standard InChI is InChI=1S/C18H16F6O2/c19-17(20,21)11-2-5-13(6-3-11)26-15-8-1-10-9-12(25)4-7-14(10)16(15)18(22,23)24/h1,4,7-9,11,13,25H,2-3,5-6H2. The van der Waals surface area contributed by atoms with Crippen molar-refractivity contribution in [1.29, 1.82) is 0 Å². The fourth-order valence-corrected chi connectivity index (χ4v) is 3.38. The van der Waals surface area contributed by atoms with E-state index in [2.05, 4.69) is 0 Å². The highest BCUT2D eigenvalue weighted by atomic mass is 19.4. The van der Waals surface area contributed by atoms with E-state index in [1.54, 1.807) is 0 Å². The van der Waals surface area contributed by atoms with Gasteiger partial charge in [-0.2, -0.15) is 26.3 Å². The van der Waals surface area contributed by atoms with Crippen molar-refractivity contribution in [1.82, 2.24) is 0 Å². The summed E-state index contributed by atoms with van der Waals surface area (Å²) in [7, 11) is 0. The van der Waals surface area contributed by atoms with E-state index in [1.165, 1.54) is 12.1 Å². The number of halogens is 6. The van der Waals surface area contributed by atoms with E-state index in [1.807, 2.05) is 0 Å². The molecule has 142 valence electrons. The van der Waals surface area contributed by atoms with Crippen LogP contribution in [0.2, 0.25) is 0 Å². The molecule has 0 amide bonds. The van der Waals surface area contributed by atoms with Gasteiger partial charge in [0.25, 0.3) is 0 Å². The Bertz CT molecular complexity index is 789. The van der Waals surface area contributed by atoms with Crippen molar-refractivity contribution < 1.29 is 36.2 Å². The molecule has 1 aliphatic carbocycles. The van der Waals surface area contributed by atoms with Gasteiger partial charge in [0, 0.05) is 0 Å². The first-order valence-electron chi connectivity index (χ1n) is 8.12. The fourth-order valence-electron chi connectivity index (χ4n) is 3.38. The average molecular weight is 378 g/mol. The first-order valence-corrected chi connectivity index (χ1v) is 8.12. The third-order valence-electron chi connectivity index (χ3n) is 4.68. The maximum atomic E-state index is 13.6. The Balaban J connectivity index is 1.88. The van der Waals surface area contributed by atoms with Crippen LogP contribution in [0.3, 0.4) is 0 Å². The van der Waals surface area contributed by atoms with Crippen molar-refractivity contribution in [3.05, 3.63) is 35.9 Å². The average Bonchev–Trinajstić information content (AvgIpc) is 2.53. The zero-order chi connectivity index (χ0) is 19.1. The highest BCUT2D eigenvalue weighted by Crippen LogP contribution is 2.44. The summed E-state index contributed by atoms with van der Waals surface area (Å²) in [5, 5.41) is 9.51. The molecule has 0 aliphatic heterocycles. The molecular formula is C18H16F6O2. The number of fused-ring (bicyclic) bond motifs is 1. The highest BCUT2D eigenvalue weighted by molar-refractivity contribution is 5.89. The summed E-state index contributed by atoms with van der Waals surface area (Å²) in [5.41, 5.74) is -0.979. The van der Waals surface area contributed by atoms with Crippen LogP contribution in [0.4, 0.5) is 26.3 Å². The number of phenols is 1. The molecule has 3 rings (SSSR count). The molecule has 0 bridgehead atoms. The normalized spacial score (nSPS) is 21.8. The van der Waals surface area contributed by atoms with Crippen molar-refractivity contribution >= 4 is 10.8 Å². The maximum absolute atomic E-state index is 13.6. The molecule has 0 saturated heterocycles. The smallest absolute Gasteiger partial charge is 0.420 e. The largest absolute Gasteiger partial charge is 0.508 e. The lowest BCUT2D eigenvalue weighted by Gasteiger charge is -2.31. The zero-order valence-corrected chi connectivity index (χ0v) is 13.5. The van der Waals surface area contributed by atoms with E-state index >= 15 is 0 Å². The van der Waals surface area contributed by atoms with Gasteiger partial charge in [-0.05, 0) is 60.7 Å². The van der Waals surface area contributed by atoms with Crippen LogP contribution in [0.1, 0.15) is 31.2 Å². The molecule has 2 aromatic rings. The Kier molecular flexibility index (Phi) is 4.71. The van der Waals surface area contributed by atoms with Crippen LogP contribution in [-0.2, 0) is 6.18 Å². The van der Waals surface area contributed by atoms with Crippen LogP contribution >= 0.6 is 0 Å². The van der Waals surface area contributed by atoms with Crippen LogP contribution in [0.15, 0.2) is 30.3 Å². The van der Waals surface area contributed by atoms with Crippen LogP contribution in [0.5, 0.6) is 11.5 Å². The molecule has 0 spiro atoms. The van der Waals surface area contributed by atoms with E-state index in [0.717, 1.165) is 18.2 Å². The summed E-state index contributed by atoms with van der Waals surface area (Å²) in [6.45, 7) is 0. The van der Waals surface area contributed by atoms with Crippen LogP contribution < -0.4 is 4.74 Å². The van der Waals surface area contributed by atoms with E-state index in [-0.39, 0.29) is 42.2 Å². The van der Waals surface area contributed by atoms with Gasteiger partial charge in [0.15, 0.2) is 0 Å². The van der Waals surface area contributed by atoms with Crippen molar-refractivity contribution in [2.24, 2.45) is 5.92 Å². The maximum Gasteiger partial charge on any atom is 0.420 e. The molecule has 8 heteroatoms. The van der Waals surface area contributed by atoms with Crippen molar-refractivity contribution in [2.45, 2.75) is 44.1 Å². The second kappa shape index (κ2) is 6.55. The Morgan fingerprint density at radius 1 is 0.885 bits per heavy atom. The van der Waals surface area contributed by atoms with Gasteiger partial charge in [0.05, 0.1) is 12.0 Å². The number of hydrogen-bond acceptors (Lipinski definition) is 2. The Hall–Kier alpha value is -2.12.